The molecule has 0 aromatic heterocycles. The first-order valence-corrected chi connectivity index (χ1v) is 9.36. The van der Waals surface area contributed by atoms with Gasteiger partial charge in [0, 0.05) is 19.6 Å². The van der Waals surface area contributed by atoms with Crippen LogP contribution in [0.2, 0.25) is 0 Å². The lowest BCUT2D eigenvalue weighted by molar-refractivity contribution is -0.139. The van der Waals surface area contributed by atoms with Gasteiger partial charge >= 0.3 is 0 Å². The molecule has 0 radical (unpaired) electrons. The van der Waals surface area contributed by atoms with E-state index in [1.54, 1.807) is 0 Å². The average molecular weight is 357 g/mol. The van der Waals surface area contributed by atoms with Gasteiger partial charge in [-0.3, -0.25) is 9.59 Å². The monoisotopic (exact) mass is 357 g/mol. The number of carbonyl (C=O) groups excluding carboxylic acids is 3. The number of amides is 2. The Hall–Kier alpha value is -2.21. The number of piperidine rings is 1. The molecule has 0 saturated carbocycles. The molecule has 2 saturated heterocycles. The molecule has 6 heteroatoms. The molecule has 1 aromatic carbocycles. The molecular weight excluding hydrogens is 330 g/mol. The molecule has 2 aliphatic heterocycles. The van der Waals surface area contributed by atoms with E-state index in [-0.39, 0.29) is 23.7 Å². The predicted octanol–water partition coefficient (Wildman–Crippen LogP) is 1.23. The van der Waals surface area contributed by atoms with Gasteiger partial charge in [0.15, 0.2) is 0 Å². The van der Waals surface area contributed by atoms with Crippen molar-refractivity contribution in [2.75, 3.05) is 33.2 Å². The normalized spacial score (nSPS) is 24.9. The third-order valence-electron chi connectivity index (χ3n) is 5.44. The first kappa shape index (κ1) is 18.6. The topological polar surface area (TPSA) is 69.7 Å². The van der Waals surface area contributed by atoms with E-state index in [2.05, 4.69) is 10.2 Å². The molecule has 6 nitrogen and oxygen atoms in total. The number of benzene rings is 1. The minimum atomic E-state index is -0.641. The maximum absolute atomic E-state index is 12.7. The van der Waals surface area contributed by atoms with Crippen LogP contribution in [0.25, 0.3) is 0 Å². The summed E-state index contributed by atoms with van der Waals surface area (Å²) in [5.74, 6) is -0.180. The molecule has 0 aliphatic carbocycles. The smallest absolute Gasteiger partial charge is 0.227 e. The number of hydrogen-bond donors (Lipinski definition) is 1. The average Bonchev–Trinajstić information content (AvgIpc) is 3.12. The zero-order chi connectivity index (χ0) is 18.5. The van der Waals surface area contributed by atoms with Gasteiger partial charge in [-0.15, -0.1) is 0 Å². The van der Waals surface area contributed by atoms with Crippen LogP contribution < -0.4 is 5.32 Å². The molecule has 3 atom stereocenters. The van der Waals surface area contributed by atoms with Crippen LogP contribution in [-0.2, 0) is 14.4 Å². The van der Waals surface area contributed by atoms with Gasteiger partial charge in [0.2, 0.25) is 11.8 Å². The fourth-order valence-corrected chi connectivity index (χ4v) is 3.91. The summed E-state index contributed by atoms with van der Waals surface area (Å²) in [7, 11) is 2.03. The van der Waals surface area contributed by atoms with Gasteiger partial charge in [-0.2, -0.15) is 0 Å². The summed E-state index contributed by atoms with van der Waals surface area (Å²) >= 11 is 0. The summed E-state index contributed by atoms with van der Waals surface area (Å²) in [4.78, 5) is 40.8. The molecule has 2 aliphatic rings. The van der Waals surface area contributed by atoms with Crippen molar-refractivity contribution in [3.05, 3.63) is 35.9 Å². The van der Waals surface area contributed by atoms with Gasteiger partial charge in [-0.05, 0) is 38.4 Å². The van der Waals surface area contributed by atoms with Gasteiger partial charge in [-0.25, -0.2) is 0 Å². The highest BCUT2D eigenvalue weighted by Gasteiger charge is 2.34. The quantitative estimate of drug-likeness (QED) is 0.805. The molecule has 3 rings (SSSR count). The summed E-state index contributed by atoms with van der Waals surface area (Å²) in [5.41, 5.74) is 0.772. The lowest BCUT2D eigenvalue weighted by Gasteiger charge is -2.34. The van der Waals surface area contributed by atoms with Crippen molar-refractivity contribution in [2.45, 2.75) is 25.3 Å². The summed E-state index contributed by atoms with van der Waals surface area (Å²) in [6.45, 7) is 2.92. The Bertz CT molecular complexity index is 649. The minimum absolute atomic E-state index is 0.0499. The van der Waals surface area contributed by atoms with E-state index in [9.17, 15) is 14.4 Å². The number of nitrogens with zero attached hydrogens (tertiary/aromatic N) is 2. The molecule has 140 valence electrons. The Kier molecular flexibility index (Phi) is 6.04. The van der Waals surface area contributed by atoms with Gasteiger partial charge in [0.1, 0.15) is 12.3 Å². The Morgan fingerprint density at radius 1 is 1.12 bits per heavy atom. The molecule has 1 N–H and O–H groups in total. The number of hydrogen-bond acceptors (Lipinski definition) is 4. The molecular formula is C20H27N3O3. The molecule has 1 aromatic rings. The highest BCUT2D eigenvalue weighted by molar-refractivity contribution is 5.84. The van der Waals surface area contributed by atoms with Crippen molar-refractivity contribution in [1.82, 2.24) is 15.1 Å². The fraction of sp³-hybridized carbons (Fsp3) is 0.550. The molecule has 2 heterocycles. The highest BCUT2D eigenvalue weighted by Crippen LogP contribution is 2.23. The Balaban J connectivity index is 1.59. The van der Waals surface area contributed by atoms with Gasteiger partial charge in [-0.1, -0.05) is 30.3 Å². The largest absolute Gasteiger partial charge is 0.342 e. The Morgan fingerprint density at radius 2 is 1.88 bits per heavy atom. The third kappa shape index (κ3) is 4.30. The van der Waals surface area contributed by atoms with E-state index in [1.165, 1.54) is 0 Å². The van der Waals surface area contributed by atoms with Crippen molar-refractivity contribution in [3.63, 3.8) is 0 Å². The Labute approximate surface area is 154 Å². The van der Waals surface area contributed by atoms with Crippen LogP contribution in [-0.4, -0.2) is 61.1 Å². The minimum Gasteiger partial charge on any atom is -0.342 e. The van der Waals surface area contributed by atoms with Crippen LogP contribution in [0.4, 0.5) is 0 Å². The van der Waals surface area contributed by atoms with Crippen LogP contribution in [0.5, 0.6) is 0 Å². The number of aldehydes is 1. The molecule has 0 bridgehead atoms. The number of carbonyl (C=O) groups is 3. The zero-order valence-electron chi connectivity index (χ0n) is 15.3. The molecule has 0 spiro atoms. The number of likely N-dealkylation sites (tertiary alicyclic amines) is 2. The standard InChI is InChI=1S/C20H27N3O3/c1-22-11-9-17(12-22)20(26)23-10-5-8-16(13-23)19(25)21-18(14-24)15-6-3-2-4-7-15/h2-4,6-7,14,16-18H,5,8-13H2,1H3,(H,21,25)/t16-,17+,18-/m1/s1. The second kappa shape index (κ2) is 8.45. The summed E-state index contributed by atoms with van der Waals surface area (Å²) in [6, 6.07) is 8.57. The van der Waals surface area contributed by atoms with Crippen LogP contribution in [0.15, 0.2) is 30.3 Å². The van der Waals surface area contributed by atoms with Crippen molar-refractivity contribution < 1.29 is 14.4 Å². The van der Waals surface area contributed by atoms with Crippen molar-refractivity contribution >= 4 is 18.1 Å². The van der Waals surface area contributed by atoms with E-state index in [0.29, 0.717) is 6.54 Å². The zero-order valence-corrected chi connectivity index (χ0v) is 15.3. The Morgan fingerprint density at radius 3 is 2.54 bits per heavy atom. The van der Waals surface area contributed by atoms with E-state index in [1.807, 2.05) is 42.3 Å². The van der Waals surface area contributed by atoms with E-state index in [4.69, 9.17) is 0 Å². The maximum atomic E-state index is 12.7. The summed E-state index contributed by atoms with van der Waals surface area (Å²) in [6.07, 6.45) is 3.22. The van der Waals surface area contributed by atoms with Crippen molar-refractivity contribution in [2.24, 2.45) is 11.8 Å². The fourth-order valence-electron chi connectivity index (χ4n) is 3.91. The lowest BCUT2D eigenvalue weighted by Crippen LogP contribution is -2.48. The predicted molar refractivity (Wildman–Crippen MR) is 98.3 cm³/mol. The summed E-state index contributed by atoms with van der Waals surface area (Å²) < 4.78 is 0. The van der Waals surface area contributed by atoms with Crippen LogP contribution in [0, 0.1) is 11.8 Å². The molecule has 2 amide bonds. The van der Waals surface area contributed by atoms with Gasteiger partial charge in [0.25, 0.3) is 0 Å². The van der Waals surface area contributed by atoms with Crippen LogP contribution >= 0.6 is 0 Å². The van der Waals surface area contributed by atoms with E-state index in [0.717, 1.165) is 50.7 Å². The third-order valence-corrected chi connectivity index (χ3v) is 5.44. The lowest BCUT2D eigenvalue weighted by atomic mass is 9.94. The second-order valence-electron chi connectivity index (χ2n) is 7.40. The van der Waals surface area contributed by atoms with Gasteiger partial charge in [0.05, 0.1) is 11.8 Å². The highest BCUT2D eigenvalue weighted by atomic mass is 16.2. The van der Waals surface area contributed by atoms with E-state index < -0.39 is 6.04 Å². The van der Waals surface area contributed by atoms with Crippen molar-refractivity contribution in [1.29, 1.82) is 0 Å². The molecule has 26 heavy (non-hydrogen) atoms. The number of rotatable bonds is 5. The first-order valence-electron chi connectivity index (χ1n) is 9.36. The summed E-state index contributed by atoms with van der Waals surface area (Å²) in [5, 5.41) is 2.84. The maximum Gasteiger partial charge on any atom is 0.227 e. The first-order chi connectivity index (χ1) is 12.6. The van der Waals surface area contributed by atoms with Crippen LogP contribution in [0.3, 0.4) is 0 Å². The van der Waals surface area contributed by atoms with Crippen molar-refractivity contribution in [3.8, 4) is 0 Å². The van der Waals surface area contributed by atoms with Gasteiger partial charge < -0.3 is 19.9 Å². The number of nitrogens with one attached hydrogen (secondary N) is 1. The second-order valence-corrected chi connectivity index (χ2v) is 7.40. The SMILES string of the molecule is CN1CC[C@H](C(=O)N2CCC[C@@H](C(=O)N[C@H](C=O)c3ccccc3)C2)C1. The molecule has 2 fully saturated rings. The molecule has 0 unspecified atom stereocenters. The van der Waals surface area contributed by atoms with E-state index >= 15 is 0 Å². The van der Waals surface area contributed by atoms with Crippen LogP contribution in [0.1, 0.15) is 30.9 Å².